The number of nitrogens with one attached hydrogen (secondary N) is 3. The van der Waals surface area contributed by atoms with Crippen LogP contribution in [-0.2, 0) is 10.0 Å². The number of rotatable bonds is 7. The van der Waals surface area contributed by atoms with Gasteiger partial charge in [0.2, 0.25) is 0 Å². The number of benzene rings is 3. The van der Waals surface area contributed by atoms with Crippen molar-refractivity contribution >= 4 is 49.4 Å². The van der Waals surface area contributed by atoms with Crippen LogP contribution in [0.25, 0.3) is 10.9 Å². The molecule has 0 radical (unpaired) electrons. The van der Waals surface area contributed by atoms with Gasteiger partial charge in [-0.25, -0.2) is 8.42 Å². The van der Waals surface area contributed by atoms with E-state index >= 15 is 0 Å². The fourth-order valence-corrected chi connectivity index (χ4v) is 4.79. The van der Waals surface area contributed by atoms with Crippen LogP contribution in [0.15, 0.2) is 108 Å². The topological polar surface area (TPSA) is 120 Å². The number of fused-ring (bicyclic) bond motifs is 1. The average Bonchev–Trinajstić information content (AvgIpc) is 2.89. The summed E-state index contributed by atoms with van der Waals surface area (Å²) in [5, 5.41) is 16.5. The third-order valence-electron chi connectivity index (χ3n) is 5.38. The minimum absolute atomic E-state index is 0.107. The van der Waals surface area contributed by atoms with Crippen molar-refractivity contribution in [1.29, 1.82) is 5.26 Å². The van der Waals surface area contributed by atoms with Crippen molar-refractivity contribution in [3.05, 3.63) is 109 Å². The third kappa shape index (κ3) is 5.09. The Balaban J connectivity index is 1.38. The zero-order chi connectivity index (χ0) is 25.0. The minimum Gasteiger partial charge on any atom is -0.355 e. The Kier molecular flexibility index (Phi) is 6.18. The monoisotopic (exact) mass is 492 g/mol. The van der Waals surface area contributed by atoms with Gasteiger partial charge in [-0.2, -0.15) is 5.26 Å². The van der Waals surface area contributed by atoms with Gasteiger partial charge >= 0.3 is 0 Å². The lowest BCUT2D eigenvalue weighted by Crippen LogP contribution is -2.13. The molecule has 0 unspecified atom stereocenters. The van der Waals surface area contributed by atoms with Crippen LogP contribution in [0, 0.1) is 11.3 Å². The Labute approximate surface area is 208 Å². The number of hydrogen-bond acceptors (Lipinski definition) is 7. The normalized spacial score (nSPS) is 11.0. The highest BCUT2D eigenvalue weighted by Gasteiger charge is 2.15. The molecule has 0 aliphatic carbocycles. The molecule has 0 atom stereocenters. The van der Waals surface area contributed by atoms with Gasteiger partial charge < -0.3 is 10.6 Å². The van der Waals surface area contributed by atoms with Crippen molar-refractivity contribution in [2.45, 2.75) is 4.90 Å². The van der Waals surface area contributed by atoms with E-state index in [1.54, 1.807) is 79.3 Å². The van der Waals surface area contributed by atoms with E-state index in [0.29, 0.717) is 16.9 Å². The van der Waals surface area contributed by atoms with E-state index in [2.05, 4.69) is 31.4 Å². The van der Waals surface area contributed by atoms with Gasteiger partial charge in [0.1, 0.15) is 0 Å². The SMILES string of the molecule is N#Cc1ccc2nccc(Nc3cccc(S(=O)(=O)Nc4cccc(Nc5ccncc5)c4)c3)c2c1. The van der Waals surface area contributed by atoms with Crippen LogP contribution in [0.5, 0.6) is 0 Å². The molecule has 0 aliphatic rings. The Morgan fingerprint density at radius 2 is 1.47 bits per heavy atom. The Morgan fingerprint density at radius 1 is 0.722 bits per heavy atom. The van der Waals surface area contributed by atoms with Gasteiger partial charge in [-0.15, -0.1) is 0 Å². The average molecular weight is 493 g/mol. The number of hydrogen-bond donors (Lipinski definition) is 3. The van der Waals surface area contributed by atoms with Gasteiger partial charge in [0.25, 0.3) is 10.0 Å². The lowest BCUT2D eigenvalue weighted by atomic mass is 10.1. The molecule has 2 heterocycles. The molecule has 36 heavy (non-hydrogen) atoms. The number of nitriles is 1. The first kappa shape index (κ1) is 22.8. The highest BCUT2D eigenvalue weighted by molar-refractivity contribution is 7.92. The van der Waals surface area contributed by atoms with E-state index in [4.69, 9.17) is 0 Å². The quantitative estimate of drug-likeness (QED) is 0.263. The number of pyridine rings is 2. The molecule has 5 aromatic rings. The van der Waals surface area contributed by atoms with E-state index in [9.17, 15) is 13.7 Å². The molecule has 0 spiro atoms. The fourth-order valence-electron chi connectivity index (χ4n) is 3.70. The Morgan fingerprint density at radius 3 is 2.28 bits per heavy atom. The molecule has 2 aromatic heterocycles. The van der Waals surface area contributed by atoms with E-state index < -0.39 is 10.0 Å². The molecular weight excluding hydrogens is 472 g/mol. The van der Waals surface area contributed by atoms with Gasteiger partial charge in [0.15, 0.2) is 0 Å². The molecular formula is C27H20N6O2S. The van der Waals surface area contributed by atoms with Gasteiger partial charge in [0, 0.05) is 46.7 Å². The van der Waals surface area contributed by atoms with Crippen molar-refractivity contribution in [1.82, 2.24) is 9.97 Å². The first-order valence-electron chi connectivity index (χ1n) is 11.0. The van der Waals surface area contributed by atoms with Crippen molar-refractivity contribution in [3.8, 4) is 6.07 Å². The summed E-state index contributed by atoms with van der Waals surface area (Å²) in [6.07, 6.45) is 5.01. The van der Waals surface area contributed by atoms with E-state index in [1.807, 2.05) is 18.2 Å². The Hall–Kier alpha value is -4.94. The summed E-state index contributed by atoms with van der Waals surface area (Å²) in [4.78, 5) is 8.43. The fraction of sp³-hybridized carbons (Fsp3) is 0. The zero-order valence-corrected chi connectivity index (χ0v) is 19.7. The van der Waals surface area contributed by atoms with E-state index in [0.717, 1.165) is 28.0 Å². The van der Waals surface area contributed by atoms with Crippen LogP contribution in [0.4, 0.5) is 28.4 Å². The number of nitrogens with zero attached hydrogens (tertiary/aromatic N) is 3. The molecule has 0 saturated carbocycles. The highest BCUT2D eigenvalue weighted by Crippen LogP contribution is 2.28. The molecule has 0 fully saturated rings. The molecule has 0 aliphatic heterocycles. The maximum Gasteiger partial charge on any atom is 0.261 e. The molecule has 8 nitrogen and oxygen atoms in total. The molecule has 9 heteroatoms. The first-order chi connectivity index (χ1) is 17.5. The summed E-state index contributed by atoms with van der Waals surface area (Å²) < 4.78 is 29.0. The van der Waals surface area contributed by atoms with Crippen LogP contribution in [0.2, 0.25) is 0 Å². The van der Waals surface area contributed by atoms with E-state index in [-0.39, 0.29) is 4.90 Å². The second-order valence-corrected chi connectivity index (χ2v) is 9.58. The largest absolute Gasteiger partial charge is 0.355 e. The molecule has 5 rings (SSSR count). The standard InChI is InChI=1S/C27H20N6O2S/c28-18-19-7-8-26-25(15-19)27(11-14-30-26)32-22-4-2-6-24(17-22)36(34,35)33-23-5-1-3-21(16-23)31-20-9-12-29-13-10-20/h1-17,33H,(H,29,31)(H,30,32). The van der Waals surface area contributed by atoms with Crippen LogP contribution >= 0.6 is 0 Å². The molecule has 0 saturated heterocycles. The number of anilines is 5. The second kappa shape index (κ2) is 9.74. The van der Waals surface area contributed by atoms with Gasteiger partial charge in [-0.1, -0.05) is 12.1 Å². The summed E-state index contributed by atoms with van der Waals surface area (Å²) in [7, 11) is -3.85. The minimum atomic E-state index is -3.85. The first-order valence-corrected chi connectivity index (χ1v) is 12.4. The van der Waals surface area contributed by atoms with Crippen molar-refractivity contribution in [2.24, 2.45) is 0 Å². The smallest absolute Gasteiger partial charge is 0.261 e. The predicted molar refractivity (Wildman–Crippen MR) is 141 cm³/mol. The summed E-state index contributed by atoms with van der Waals surface area (Å²) in [5.41, 5.74) is 4.55. The van der Waals surface area contributed by atoms with Crippen molar-refractivity contribution in [2.75, 3.05) is 15.4 Å². The number of sulfonamides is 1. The molecule has 176 valence electrons. The lowest BCUT2D eigenvalue weighted by molar-refractivity contribution is 0.601. The summed E-state index contributed by atoms with van der Waals surface area (Å²) in [6, 6.07) is 26.3. The summed E-state index contributed by atoms with van der Waals surface area (Å²) in [5.74, 6) is 0. The van der Waals surface area contributed by atoms with E-state index in [1.165, 1.54) is 6.07 Å². The van der Waals surface area contributed by atoms with Crippen LogP contribution in [0.3, 0.4) is 0 Å². The summed E-state index contributed by atoms with van der Waals surface area (Å²) >= 11 is 0. The van der Waals surface area contributed by atoms with Crippen molar-refractivity contribution in [3.63, 3.8) is 0 Å². The summed E-state index contributed by atoms with van der Waals surface area (Å²) in [6.45, 7) is 0. The second-order valence-electron chi connectivity index (χ2n) is 7.90. The van der Waals surface area contributed by atoms with Crippen molar-refractivity contribution < 1.29 is 8.42 Å². The van der Waals surface area contributed by atoms with Crippen LogP contribution in [-0.4, -0.2) is 18.4 Å². The van der Waals surface area contributed by atoms with Gasteiger partial charge in [-0.05, 0) is 72.8 Å². The maximum atomic E-state index is 13.2. The lowest BCUT2D eigenvalue weighted by Gasteiger charge is -2.13. The molecule has 3 N–H and O–H groups in total. The maximum absolute atomic E-state index is 13.2. The van der Waals surface area contributed by atoms with Gasteiger partial charge in [-0.3, -0.25) is 14.7 Å². The predicted octanol–water partition coefficient (Wildman–Crippen LogP) is 5.79. The van der Waals surface area contributed by atoms with Crippen LogP contribution < -0.4 is 15.4 Å². The highest BCUT2D eigenvalue weighted by atomic mass is 32.2. The zero-order valence-electron chi connectivity index (χ0n) is 18.9. The third-order valence-corrected chi connectivity index (χ3v) is 6.76. The van der Waals surface area contributed by atoms with Gasteiger partial charge in [0.05, 0.1) is 27.7 Å². The molecule has 0 amide bonds. The Bertz CT molecular complexity index is 1700. The molecule has 3 aromatic carbocycles. The number of aromatic nitrogens is 2. The van der Waals surface area contributed by atoms with Crippen LogP contribution in [0.1, 0.15) is 5.56 Å². The molecule has 0 bridgehead atoms.